The lowest BCUT2D eigenvalue weighted by atomic mass is 9.83. The Bertz CT molecular complexity index is 1320. The number of thioether (sulfide) groups is 1. The van der Waals surface area contributed by atoms with E-state index in [9.17, 15) is 34.4 Å². The summed E-state index contributed by atoms with van der Waals surface area (Å²) in [4.78, 5) is 61.7. The van der Waals surface area contributed by atoms with E-state index in [4.69, 9.17) is 11.6 Å². The number of halogens is 1. The van der Waals surface area contributed by atoms with Gasteiger partial charge in [-0.15, -0.1) is 16.9 Å². The minimum absolute atomic E-state index is 0.00508. The first-order chi connectivity index (χ1) is 16.4. The second kappa shape index (κ2) is 8.80. The van der Waals surface area contributed by atoms with E-state index in [1.165, 1.54) is 16.6 Å². The van der Waals surface area contributed by atoms with Gasteiger partial charge < -0.3 is 10.0 Å². The molecule has 0 aliphatic carbocycles. The van der Waals surface area contributed by atoms with E-state index in [0.29, 0.717) is 0 Å². The van der Waals surface area contributed by atoms with Gasteiger partial charge in [0.05, 0.1) is 10.2 Å². The second-order valence-electron chi connectivity index (χ2n) is 7.96. The van der Waals surface area contributed by atoms with E-state index in [1.54, 1.807) is 0 Å². The van der Waals surface area contributed by atoms with Crippen LogP contribution in [0.3, 0.4) is 0 Å². The molecule has 0 radical (unpaired) electrons. The van der Waals surface area contributed by atoms with Gasteiger partial charge in [-0.05, 0) is 10.4 Å². The monoisotopic (exact) mass is 544 g/mol. The highest BCUT2D eigenvalue weighted by Gasteiger charge is 2.62. The van der Waals surface area contributed by atoms with E-state index in [1.807, 2.05) is 0 Å². The Morgan fingerprint density at radius 3 is 2.66 bits per heavy atom. The van der Waals surface area contributed by atoms with Crippen molar-refractivity contribution in [2.45, 2.75) is 23.6 Å². The van der Waals surface area contributed by atoms with E-state index < -0.39 is 60.9 Å². The van der Waals surface area contributed by atoms with Crippen molar-refractivity contribution < 1.29 is 24.4 Å². The summed E-state index contributed by atoms with van der Waals surface area (Å²) in [5.41, 5.74) is -3.44. The lowest BCUT2D eigenvalue weighted by molar-refractivity contribution is -0.386. The zero-order valence-corrected chi connectivity index (χ0v) is 20.5. The molecule has 4 rings (SSSR count). The van der Waals surface area contributed by atoms with Crippen LogP contribution in [0.1, 0.15) is 18.0 Å². The zero-order valence-electron chi connectivity index (χ0n) is 18.0. The number of pyridine rings is 1. The number of nitrogens with zero attached hydrogens (tertiary/aromatic N) is 8. The highest BCUT2D eigenvalue weighted by atomic mass is 35.5. The van der Waals surface area contributed by atoms with Crippen LogP contribution < -0.4 is 10.4 Å². The SMILES string of the molecule is CC(=O)N(C1C(=O)N2CC(C(=O)O)(C(S)c3nnnn3C)CS[C@H]12)n1cc(Cl)c(=O)c([N+](=O)[O-])c1. The molecule has 2 fully saturated rings. The molecule has 0 bridgehead atoms. The summed E-state index contributed by atoms with van der Waals surface area (Å²) < 4.78 is 2.24. The van der Waals surface area contributed by atoms with Crippen LogP contribution >= 0.6 is 36.0 Å². The summed E-state index contributed by atoms with van der Waals surface area (Å²) in [6, 6.07) is -1.11. The Labute approximate surface area is 210 Å². The number of fused-ring (bicyclic) bond motifs is 1. The van der Waals surface area contributed by atoms with Gasteiger partial charge in [-0.1, -0.05) is 11.6 Å². The van der Waals surface area contributed by atoms with E-state index in [2.05, 4.69) is 28.2 Å². The lowest BCUT2D eigenvalue weighted by Crippen LogP contribution is -2.76. The number of tetrazole rings is 1. The van der Waals surface area contributed by atoms with Gasteiger partial charge in [0.1, 0.15) is 22.0 Å². The lowest BCUT2D eigenvalue weighted by Gasteiger charge is -2.56. The normalized spacial score (nSPS) is 24.3. The summed E-state index contributed by atoms with van der Waals surface area (Å²) in [6.45, 7) is 0.917. The number of aromatic nitrogens is 5. The van der Waals surface area contributed by atoms with E-state index in [0.717, 1.165) is 40.8 Å². The first kappa shape index (κ1) is 24.9. The maximum absolute atomic E-state index is 13.2. The Hall–Kier alpha value is -3.18. The Morgan fingerprint density at radius 2 is 2.11 bits per heavy atom. The number of hydrogen-bond acceptors (Lipinski definition) is 11. The van der Waals surface area contributed by atoms with Crippen LogP contribution in [-0.2, 0) is 21.4 Å². The summed E-state index contributed by atoms with van der Waals surface area (Å²) >= 11 is 11.4. The second-order valence-corrected chi connectivity index (χ2v) is 9.99. The number of hydrogen-bond donors (Lipinski definition) is 2. The molecule has 15 nitrogen and oxygen atoms in total. The van der Waals surface area contributed by atoms with Gasteiger partial charge in [0.25, 0.3) is 11.3 Å². The van der Waals surface area contributed by atoms with Crippen molar-refractivity contribution in [3.05, 3.63) is 43.6 Å². The third-order valence-corrected chi connectivity index (χ3v) is 8.44. The van der Waals surface area contributed by atoms with Gasteiger partial charge >= 0.3 is 11.7 Å². The van der Waals surface area contributed by atoms with Crippen LogP contribution in [0.2, 0.25) is 5.02 Å². The maximum Gasteiger partial charge on any atom is 0.335 e. The quantitative estimate of drug-likeness (QED) is 0.205. The van der Waals surface area contributed by atoms with E-state index >= 15 is 0 Å². The van der Waals surface area contributed by atoms with Gasteiger partial charge in [-0.3, -0.25) is 34.0 Å². The first-order valence-corrected chi connectivity index (χ1v) is 11.8. The molecule has 0 saturated carbocycles. The summed E-state index contributed by atoms with van der Waals surface area (Å²) in [5.74, 6) is -2.22. The Morgan fingerprint density at radius 1 is 1.43 bits per heavy atom. The minimum Gasteiger partial charge on any atom is -0.481 e. The minimum atomic E-state index is -1.53. The van der Waals surface area contributed by atoms with Gasteiger partial charge in [-0.2, -0.15) is 12.6 Å². The van der Waals surface area contributed by atoms with Crippen LogP contribution in [0.4, 0.5) is 5.69 Å². The molecule has 4 atom stereocenters. The number of rotatable bonds is 6. The zero-order chi connectivity index (χ0) is 25.8. The Kier molecular flexibility index (Phi) is 6.26. The molecule has 2 saturated heterocycles. The van der Waals surface area contributed by atoms with Crippen molar-refractivity contribution in [3.63, 3.8) is 0 Å². The van der Waals surface area contributed by atoms with Crippen LogP contribution in [0.25, 0.3) is 0 Å². The number of amides is 2. The van der Waals surface area contributed by atoms with Gasteiger partial charge in [0.15, 0.2) is 11.9 Å². The average Bonchev–Trinajstić information content (AvgIpc) is 3.23. The summed E-state index contributed by atoms with van der Waals surface area (Å²) in [6.07, 6.45) is 1.82. The number of aliphatic carboxylic acids is 1. The standard InChI is InChI=1S/C17H17ClN8O7S2/c1-7(27)25(23-3-8(18)11(28)9(4-23)26(32)33)10-14(29)24-5-17(16(30)31,6-35-15(10)24)12(34)13-19-20-21-22(13)2/h3-4,10,12,15,34H,5-6H2,1-2H3,(H,30,31)/t10?,12?,15-,17?/m1/s1. The maximum atomic E-state index is 13.2. The molecule has 2 aliphatic heterocycles. The molecule has 2 amide bonds. The predicted octanol–water partition coefficient (Wildman–Crippen LogP) is -0.556. The molecule has 186 valence electrons. The van der Waals surface area contributed by atoms with Gasteiger partial charge in [0.2, 0.25) is 5.91 Å². The molecule has 4 heterocycles. The number of β-lactam (4-membered cyclic amide) rings is 1. The summed E-state index contributed by atoms with van der Waals surface area (Å²) in [7, 11) is 1.54. The van der Waals surface area contributed by atoms with Crippen molar-refractivity contribution in [1.82, 2.24) is 29.8 Å². The van der Waals surface area contributed by atoms with Crippen LogP contribution in [0.5, 0.6) is 0 Å². The molecule has 18 heteroatoms. The molecular formula is C17H17ClN8O7S2. The number of carboxylic acids is 1. The predicted molar refractivity (Wildman–Crippen MR) is 124 cm³/mol. The molecule has 0 spiro atoms. The third kappa shape index (κ3) is 3.82. The molecule has 1 N–H and O–H groups in total. The van der Waals surface area contributed by atoms with Gasteiger partial charge in [0, 0.05) is 32.5 Å². The van der Waals surface area contributed by atoms with Crippen molar-refractivity contribution >= 4 is 59.5 Å². The largest absolute Gasteiger partial charge is 0.481 e. The topological polar surface area (TPSA) is 187 Å². The molecular weight excluding hydrogens is 528 g/mol. The molecule has 3 unspecified atom stereocenters. The Balaban J connectivity index is 1.67. The molecule has 2 aromatic heterocycles. The highest BCUT2D eigenvalue weighted by Crippen LogP contribution is 2.50. The van der Waals surface area contributed by atoms with Crippen LogP contribution in [-0.4, -0.2) is 81.3 Å². The summed E-state index contributed by atoms with van der Waals surface area (Å²) in [5, 5.41) is 31.2. The third-order valence-electron chi connectivity index (χ3n) is 5.91. The highest BCUT2D eigenvalue weighted by molar-refractivity contribution is 8.00. The number of carbonyl (C=O) groups is 3. The smallest absolute Gasteiger partial charge is 0.335 e. The molecule has 0 aromatic carbocycles. The van der Waals surface area contributed by atoms with Crippen LogP contribution in [0.15, 0.2) is 17.2 Å². The van der Waals surface area contributed by atoms with Crippen molar-refractivity contribution in [2.75, 3.05) is 17.3 Å². The number of thiol groups is 1. The van der Waals surface area contributed by atoms with Crippen molar-refractivity contribution in [1.29, 1.82) is 0 Å². The number of nitro groups is 1. The fourth-order valence-corrected chi connectivity index (χ4v) is 6.51. The fraction of sp³-hybridized carbons (Fsp3) is 0.471. The first-order valence-electron chi connectivity index (χ1n) is 9.82. The number of aryl methyl sites for hydroxylation is 1. The van der Waals surface area contributed by atoms with Crippen LogP contribution in [0, 0.1) is 15.5 Å². The van der Waals surface area contributed by atoms with E-state index in [-0.39, 0.29) is 18.1 Å². The number of carboxylic acid groups (broad SMARTS) is 1. The molecule has 35 heavy (non-hydrogen) atoms. The fourth-order valence-electron chi connectivity index (χ4n) is 4.07. The molecule has 2 aromatic rings. The molecule has 2 aliphatic rings. The van der Waals surface area contributed by atoms with Crippen molar-refractivity contribution in [2.24, 2.45) is 12.5 Å². The van der Waals surface area contributed by atoms with Crippen molar-refractivity contribution in [3.8, 4) is 0 Å². The van der Waals surface area contributed by atoms with Gasteiger partial charge in [-0.25, -0.2) is 9.69 Å². The average molecular weight is 545 g/mol. The number of carbonyl (C=O) groups excluding carboxylic acids is 2.